The van der Waals surface area contributed by atoms with Crippen molar-refractivity contribution in [2.75, 3.05) is 0 Å². The molecule has 0 aliphatic carbocycles. The van der Waals surface area contributed by atoms with E-state index in [4.69, 9.17) is 4.42 Å². The minimum atomic E-state index is -0.280. The van der Waals surface area contributed by atoms with E-state index in [0.717, 1.165) is 17.2 Å². The van der Waals surface area contributed by atoms with E-state index in [9.17, 15) is 5.11 Å². The molecule has 1 aromatic heterocycles. The lowest BCUT2D eigenvalue weighted by atomic mass is 10.3. The van der Waals surface area contributed by atoms with Gasteiger partial charge in [0.25, 0.3) is 0 Å². The molecule has 0 amide bonds. The number of aromatic nitrogens is 1. The van der Waals surface area contributed by atoms with Gasteiger partial charge in [0.2, 0.25) is 0 Å². The summed E-state index contributed by atoms with van der Waals surface area (Å²) in [5.41, 5.74) is 0.970. The minimum absolute atomic E-state index is 0.232. The number of hydrogen-bond donors (Lipinski definition) is 1. The highest BCUT2D eigenvalue weighted by molar-refractivity contribution is 7.99. The smallest absolute Gasteiger partial charge is 0.181 e. The summed E-state index contributed by atoms with van der Waals surface area (Å²) in [6, 6.07) is 0. The molecule has 0 aliphatic heterocycles. The lowest BCUT2D eigenvalue weighted by Gasteiger charge is -2.12. The van der Waals surface area contributed by atoms with Crippen molar-refractivity contribution in [2.45, 2.75) is 37.9 Å². The first-order valence-corrected chi connectivity index (χ1v) is 5.34. The summed E-state index contributed by atoms with van der Waals surface area (Å²) in [6.45, 7) is 5.70. The number of thioether (sulfide) groups is 1. The molecule has 2 unspecified atom stereocenters. The second kappa shape index (κ2) is 4.67. The quantitative estimate of drug-likeness (QED) is 0.809. The molecular weight excluding hydrogens is 186 g/mol. The molecule has 4 heteroatoms. The number of hydrogen-bond acceptors (Lipinski definition) is 4. The first-order chi connectivity index (χ1) is 6.11. The fourth-order valence-electron chi connectivity index (χ4n) is 0.816. The van der Waals surface area contributed by atoms with E-state index in [1.54, 1.807) is 18.7 Å². The molecule has 2 atom stereocenters. The van der Waals surface area contributed by atoms with E-state index in [1.807, 2.05) is 13.8 Å². The zero-order chi connectivity index (χ0) is 9.84. The van der Waals surface area contributed by atoms with Crippen LogP contribution in [-0.4, -0.2) is 21.4 Å². The summed E-state index contributed by atoms with van der Waals surface area (Å²) in [4.78, 5) is 4.08. The number of aliphatic hydroxyl groups is 1. The average Bonchev–Trinajstić information content (AvgIpc) is 2.47. The molecule has 1 N–H and O–H groups in total. The SMILES string of the molecule is Cc1ocnc1CSC(C)C(C)O. The van der Waals surface area contributed by atoms with Gasteiger partial charge in [-0.25, -0.2) is 4.98 Å². The molecule has 0 fully saturated rings. The molecule has 1 heterocycles. The lowest BCUT2D eigenvalue weighted by Crippen LogP contribution is -2.15. The third kappa shape index (κ3) is 3.04. The number of rotatable bonds is 4. The average molecular weight is 201 g/mol. The minimum Gasteiger partial charge on any atom is -0.448 e. The van der Waals surface area contributed by atoms with Gasteiger partial charge in [0.15, 0.2) is 6.39 Å². The van der Waals surface area contributed by atoms with Crippen molar-refractivity contribution in [1.82, 2.24) is 4.98 Å². The zero-order valence-corrected chi connectivity index (χ0v) is 8.97. The third-order valence-electron chi connectivity index (χ3n) is 2.01. The second-order valence-corrected chi connectivity index (χ2v) is 4.48. The Kier molecular flexibility index (Phi) is 3.81. The Labute approximate surface area is 82.6 Å². The van der Waals surface area contributed by atoms with Crippen LogP contribution in [0.1, 0.15) is 25.3 Å². The summed E-state index contributed by atoms with van der Waals surface area (Å²) in [7, 11) is 0. The van der Waals surface area contributed by atoms with Crippen LogP contribution in [0, 0.1) is 6.92 Å². The maximum absolute atomic E-state index is 9.25. The predicted octanol–water partition coefficient (Wildman–Crippen LogP) is 1.99. The van der Waals surface area contributed by atoms with Gasteiger partial charge in [-0.1, -0.05) is 6.92 Å². The molecule has 0 aliphatic rings. The highest BCUT2D eigenvalue weighted by Crippen LogP contribution is 2.20. The predicted molar refractivity (Wildman–Crippen MR) is 53.7 cm³/mol. The van der Waals surface area contributed by atoms with Crippen molar-refractivity contribution >= 4 is 11.8 Å². The molecule has 0 bridgehead atoms. The Morgan fingerprint density at radius 2 is 2.31 bits per heavy atom. The highest BCUT2D eigenvalue weighted by Gasteiger charge is 2.11. The first-order valence-electron chi connectivity index (χ1n) is 4.30. The molecule has 13 heavy (non-hydrogen) atoms. The Morgan fingerprint density at radius 1 is 1.62 bits per heavy atom. The van der Waals surface area contributed by atoms with Crippen LogP contribution in [0.25, 0.3) is 0 Å². The molecule has 0 spiro atoms. The summed E-state index contributed by atoms with van der Waals surface area (Å²) in [5.74, 6) is 1.67. The summed E-state index contributed by atoms with van der Waals surface area (Å²) >= 11 is 1.68. The largest absolute Gasteiger partial charge is 0.448 e. The van der Waals surface area contributed by atoms with E-state index in [-0.39, 0.29) is 11.4 Å². The fourth-order valence-corrected chi connectivity index (χ4v) is 1.79. The van der Waals surface area contributed by atoms with Crippen LogP contribution in [0.4, 0.5) is 0 Å². The van der Waals surface area contributed by atoms with Crippen LogP contribution in [-0.2, 0) is 5.75 Å². The van der Waals surface area contributed by atoms with Gasteiger partial charge in [0.05, 0.1) is 11.8 Å². The van der Waals surface area contributed by atoms with Crippen molar-refractivity contribution < 1.29 is 9.52 Å². The van der Waals surface area contributed by atoms with Gasteiger partial charge in [-0.15, -0.1) is 11.8 Å². The lowest BCUT2D eigenvalue weighted by molar-refractivity contribution is 0.196. The van der Waals surface area contributed by atoms with Crippen molar-refractivity contribution in [1.29, 1.82) is 0 Å². The first kappa shape index (κ1) is 10.6. The van der Waals surface area contributed by atoms with E-state index >= 15 is 0 Å². The van der Waals surface area contributed by atoms with Crippen LogP contribution in [0.15, 0.2) is 10.8 Å². The van der Waals surface area contributed by atoms with Crippen LogP contribution in [0.5, 0.6) is 0 Å². The summed E-state index contributed by atoms with van der Waals surface area (Å²) < 4.78 is 5.07. The summed E-state index contributed by atoms with van der Waals surface area (Å²) in [6.07, 6.45) is 1.18. The van der Waals surface area contributed by atoms with Gasteiger partial charge in [0, 0.05) is 11.0 Å². The number of nitrogens with zero attached hydrogens (tertiary/aromatic N) is 1. The van der Waals surface area contributed by atoms with Crippen LogP contribution in [0.2, 0.25) is 0 Å². The molecule has 74 valence electrons. The molecule has 0 aromatic carbocycles. The van der Waals surface area contributed by atoms with Gasteiger partial charge in [0.1, 0.15) is 5.76 Å². The van der Waals surface area contributed by atoms with Crippen molar-refractivity contribution in [2.24, 2.45) is 0 Å². The molecule has 0 radical (unpaired) electrons. The summed E-state index contributed by atoms with van der Waals surface area (Å²) in [5, 5.41) is 9.49. The zero-order valence-electron chi connectivity index (χ0n) is 8.15. The van der Waals surface area contributed by atoms with Crippen molar-refractivity contribution in [3.05, 3.63) is 17.8 Å². The molecule has 3 nitrogen and oxygen atoms in total. The van der Waals surface area contributed by atoms with E-state index in [0.29, 0.717) is 0 Å². The second-order valence-electron chi connectivity index (χ2n) is 3.11. The van der Waals surface area contributed by atoms with E-state index < -0.39 is 0 Å². The Bertz CT molecular complexity index is 260. The van der Waals surface area contributed by atoms with Gasteiger partial charge >= 0.3 is 0 Å². The monoisotopic (exact) mass is 201 g/mol. The van der Waals surface area contributed by atoms with Gasteiger partial charge in [-0.3, -0.25) is 0 Å². The topological polar surface area (TPSA) is 46.3 Å². The highest BCUT2D eigenvalue weighted by atomic mass is 32.2. The Morgan fingerprint density at radius 3 is 2.77 bits per heavy atom. The number of aryl methyl sites for hydroxylation is 1. The molecule has 1 rings (SSSR count). The van der Waals surface area contributed by atoms with Gasteiger partial charge < -0.3 is 9.52 Å². The number of aliphatic hydroxyl groups excluding tert-OH is 1. The van der Waals surface area contributed by atoms with E-state index in [1.165, 1.54) is 6.39 Å². The maximum atomic E-state index is 9.25. The Hall–Kier alpha value is -0.480. The maximum Gasteiger partial charge on any atom is 0.181 e. The van der Waals surface area contributed by atoms with E-state index in [2.05, 4.69) is 4.98 Å². The Balaban J connectivity index is 2.39. The van der Waals surface area contributed by atoms with Crippen LogP contribution >= 0.6 is 11.8 Å². The molecule has 1 aromatic rings. The van der Waals surface area contributed by atoms with Gasteiger partial charge in [-0.2, -0.15) is 0 Å². The molecular formula is C9H15NO2S. The van der Waals surface area contributed by atoms with Crippen molar-refractivity contribution in [3.8, 4) is 0 Å². The fraction of sp³-hybridized carbons (Fsp3) is 0.667. The van der Waals surface area contributed by atoms with Crippen molar-refractivity contribution in [3.63, 3.8) is 0 Å². The molecule has 0 saturated carbocycles. The number of oxazole rings is 1. The van der Waals surface area contributed by atoms with Crippen LogP contribution < -0.4 is 0 Å². The standard InChI is InChI=1S/C9H15NO2S/c1-6(11)8(3)13-4-9-7(2)12-5-10-9/h5-6,8,11H,4H2,1-3H3. The third-order valence-corrected chi connectivity index (χ3v) is 3.37. The van der Waals surface area contributed by atoms with Crippen LogP contribution in [0.3, 0.4) is 0 Å². The van der Waals surface area contributed by atoms with Gasteiger partial charge in [-0.05, 0) is 13.8 Å². The molecule has 0 saturated heterocycles. The normalized spacial score (nSPS) is 15.7.